The second-order valence-corrected chi connectivity index (χ2v) is 5.94. The Morgan fingerprint density at radius 3 is 2.50 bits per heavy atom. The summed E-state index contributed by atoms with van der Waals surface area (Å²) < 4.78 is 16.7. The number of hydrogen-bond donors (Lipinski definition) is 1. The molecule has 124 valence electrons. The van der Waals surface area contributed by atoms with Gasteiger partial charge in [-0.15, -0.1) is 0 Å². The van der Waals surface area contributed by atoms with Crippen molar-refractivity contribution in [3.05, 3.63) is 64.3 Å². The first-order valence-electron chi connectivity index (χ1n) is 7.32. The van der Waals surface area contributed by atoms with Crippen molar-refractivity contribution in [1.82, 2.24) is 14.3 Å². The zero-order chi connectivity index (χ0) is 17.4. The lowest BCUT2D eigenvalue weighted by Gasteiger charge is -2.13. The molecule has 7 heteroatoms. The van der Waals surface area contributed by atoms with Crippen LogP contribution in [0, 0.1) is 19.7 Å². The second-order valence-electron chi connectivity index (χ2n) is 5.54. The molecule has 0 aliphatic carbocycles. The molecule has 24 heavy (non-hydrogen) atoms. The van der Waals surface area contributed by atoms with E-state index in [2.05, 4.69) is 10.4 Å². The largest absolute Gasteiger partial charge is 0.320 e. The first-order valence-corrected chi connectivity index (χ1v) is 7.70. The minimum Gasteiger partial charge on any atom is -0.320 e. The Bertz CT molecular complexity index is 909. The summed E-state index contributed by atoms with van der Waals surface area (Å²) in [4.78, 5) is 12.7. The highest BCUT2D eigenvalue weighted by molar-refractivity contribution is 6.34. The third-order valence-electron chi connectivity index (χ3n) is 3.81. The molecule has 0 aliphatic heterocycles. The quantitative estimate of drug-likeness (QED) is 0.782. The van der Waals surface area contributed by atoms with Crippen molar-refractivity contribution in [3.8, 4) is 5.82 Å². The standard InChI is InChI=1S/C17H16ClFN4O/c1-10-4-5-11(2)23(10)17-13(9-20-22(17)3)16(24)21-15-7-6-12(19)8-14(15)18/h4-9H,1-3H3,(H,21,24). The molecule has 2 heterocycles. The van der Waals surface area contributed by atoms with Crippen molar-refractivity contribution in [2.75, 3.05) is 5.32 Å². The fourth-order valence-corrected chi connectivity index (χ4v) is 2.85. The number of nitrogens with zero attached hydrogens (tertiary/aromatic N) is 3. The number of benzene rings is 1. The molecule has 5 nitrogen and oxygen atoms in total. The van der Waals surface area contributed by atoms with E-state index in [1.54, 1.807) is 11.7 Å². The summed E-state index contributed by atoms with van der Waals surface area (Å²) in [6.45, 7) is 3.91. The van der Waals surface area contributed by atoms with E-state index in [4.69, 9.17) is 11.6 Å². The molecule has 0 bridgehead atoms. The van der Waals surface area contributed by atoms with Crippen LogP contribution in [0.4, 0.5) is 10.1 Å². The van der Waals surface area contributed by atoms with Crippen molar-refractivity contribution in [2.24, 2.45) is 7.05 Å². The predicted molar refractivity (Wildman–Crippen MR) is 91.4 cm³/mol. The molecule has 2 aromatic heterocycles. The van der Waals surface area contributed by atoms with E-state index < -0.39 is 5.82 Å². The van der Waals surface area contributed by atoms with Crippen LogP contribution in [0.15, 0.2) is 36.5 Å². The van der Waals surface area contributed by atoms with E-state index in [1.165, 1.54) is 18.3 Å². The van der Waals surface area contributed by atoms with Crippen molar-refractivity contribution in [3.63, 3.8) is 0 Å². The number of carbonyl (C=O) groups is 1. The molecule has 0 atom stereocenters. The van der Waals surface area contributed by atoms with Crippen LogP contribution in [0.1, 0.15) is 21.7 Å². The first kappa shape index (κ1) is 16.3. The maximum absolute atomic E-state index is 13.1. The topological polar surface area (TPSA) is 51.9 Å². The van der Waals surface area contributed by atoms with Gasteiger partial charge in [-0.25, -0.2) is 4.39 Å². The van der Waals surface area contributed by atoms with Crippen LogP contribution in [0.2, 0.25) is 5.02 Å². The zero-order valence-electron chi connectivity index (χ0n) is 13.5. The number of hydrogen-bond acceptors (Lipinski definition) is 2. The lowest BCUT2D eigenvalue weighted by molar-refractivity contribution is 0.102. The highest BCUT2D eigenvalue weighted by Crippen LogP contribution is 2.25. The Morgan fingerprint density at radius 1 is 1.21 bits per heavy atom. The molecule has 0 unspecified atom stereocenters. The smallest absolute Gasteiger partial charge is 0.261 e. The van der Waals surface area contributed by atoms with Crippen molar-refractivity contribution >= 4 is 23.2 Å². The number of aromatic nitrogens is 3. The molecule has 0 aliphatic rings. The third kappa shape index (κ3) is 2.80. The van der Waals surface area contributed by atoms with Gasteiger partial charge in [-0.3, -0.25) is 9.48 Å². The molecule has 0 fully saturated rings. The number of anilines is 1. The summed E-state index contributed by atoms with van der Waals surface area (Å²) in [6, 6.07) is 7.77. The van der Waals surface area contributed by atoms with Gasteiger partial charge in [-0.1, -0.05) is 11.6 Å². The Hall–Kier alpha value is -2.60. The van der Waals surface area contributed by atoms with Gasteiger partial charge in [0.2, 0.25) is 0 Å². The molecule has 0 saturated heterocycles. The maximum Gasteiger partial charge on any atom is 0.261 e. The monoisotopic (exact) mass is 346 g/mol. The van der Waals surface area contributed by atoms with Crippen LogP contribution < -0.4 is 5.32 Å². The van der Waals surface area contributed by atoms with Crippen LogP contribution in [0.5, 0.6) is 0 Å². The summed E-state index contributed by atoms with van der Waals surface area (Å²) in [5, 5.41) is 7.04. The van der Waals surface area contributed by atoms with E-state index >= 15 is 0 Å². The van der Waals surface area contributed by atoms with E-state index in [9.17, 15) is 9.18 Å². The molecular formula is C17H16ClFN4O. The summed E-state index contributed by atoms with van der Waals surface area (Å²) in [5.74, 6) is -0.163. The van der Waals surface area contributed by atoms with Gasteiger partial charge in [0, 0.05) is 18.4 Å². The van der Waals surface area contributed by atoms with Gasteiger partial charge in [0.25, 0.3) is 5.91 Å². The van der Waals surface area contributed by atoms with E-state index in [0.717, 1.165) is 17.5 Å². The lowest BCUT2D eigenvalue weighted by Crippen LogP contribution is -2.16. The second kappa shape index (κ2) is 6.13. The van der Waals surface area contributed by atoms with Crippen molar-refractivity contribution in [1.29, 1.82) is 0 Å². The molecule has 0 radical (unpaired) electrons. The minimum absolute atomic E-state index is 0.141. The summed E-state index contributed by atoms with van der Waals surface area (Å²) in [7, 11) is 1.77. The minimum atomic E-state index is -0.460. The van der Waals surface area contributed by atoms with Gasteiger partial charge in [-0.2, -0.15) is 5.10 Å². The number of aryl methyl sites for hydroxylation is 3. The number of halogens is 2. The highest BCUT2D eigenvalue weighted by atomic mass is 35.5. The van der Waals surface area contributed by atoms with Gasteiger partial charge in [0.05, 0.1) is 16.9 Å². The van der Waals surface area contributed by atoms with Gasteiger partial charge >= 0.3 is 0 Å². The third-order valence-corrected chi connectivity index (χ3v) is 4.13. The van der Waals surface area contributed by atoms with Crippen LogP contribution in [-0.4, -0.2) is 20.3 Å². The molecule has 1 N–H and O–H groups in total. The number of amides is 1. The number of rotatable bonds is 3. The fourth-order valence-electron chi connectivity index (χ4n) is 2.64. The summed E-state index contributed by atoms with van der Waals surface area (Å²) in [6.07, 6.45) is 1.50. The summed E-state index contributed by atoms with van der Waals surface area (Å²) in [5.41, 5.74) is 2.73. The average Bonchev–Trinajstić information content (AvgIpc) is 3.05. The maximum atomic E-state index is 13.1. The highest BCUT2D eigenvalue weighted by Gasteiger charge is 2.20. The van der Waals surface area contributed by atoms with E-state index in [0.29, 0.717) is 17.1 Å². The molecule has 0 saturated carbocycles. The molecule has 0 spiro atoms. The Labute approximate surface area is 143 Å². The number of carbonyl (C=O) groups excluding carboxylic acids is 1. The van der Waals surface area contributed by atoms with E-state index in [-0.39, 0.29) is 10.9 Å². The average molecular weight is 347 g/mol. The van der Waals surface area contributed by atoms with Gasteiger partial charge in [0.15, 0.2) is 0 Å². The van der Waals surface area contributed by atoms with Crippen LogP contribution >= 0.6 is 11.6 Å². The molecule has 1 amide bonds. The Kier molecular flexibility index (Phi) is 4.15. The van der Waals surface area contributed by atoms with Crippen LogP contribution in [-0.2, 0) is 7.05 Å². The van der Waals surface area contributed by atoms with Crippen LogP contribution in [0.3, 0.4) is 0 Å². The predicted octanol–water partition coefficient (Wildman–Crippen LogP) is 3.87. The molecule has 1 aromatic carbocycles. The number of nitrogens with one attached hydrogen (secondary N) is 1. The first-order chi connectivity index (χ1) is 11.4. The SMILES string of the molecule is Cc1ccc(C)n1-c1c(C(=O)Nc2ccc(F)cc2Cl)cnn1C. The fraction of sp³-hybridized carbons (Fsp3) is 0.176. The van der Waals surface area contributed by atoms with Gasteiger partial charge in [-0.05, 0) is 44.2 Å². The lowest BCUT2D eigenvalue weighted by atomic mass is 10.2. The normalized spacial score (nSPS) is 10.9. The zero-order valence-corrected chi connectivity index (χ0v) is 14.2. The Morgan fingerprint density at radius 2 is 1.88 bits per heavy atom. The van der Waals surface area contributed by atoms with Gasteiger partial charge in [0.1, 0.15) is 17.2 Å². The summed E-state index contributed by atoms with van der Waals surface area (Å²) >= 11 is 5.98. The van der Waals surface area contributed by atoms with Crippen molar-refractivity contribution in [2.45, 2.75) is 13.8 Å². The van der Waals surface area contributed by atoms with E-state index in [1.807, 2.05) is 30.5 Å². The van der Waals surface area contributed by atoms with Crippen molar-refractivity contribution < 1.29 is 9.18 Å². The Balaban J connectivity index is 2.00. The molecule has 3 rings (SSSR count). The van der Waals surface area contributed by atoms with Gasteiger partial charge < -0.3 is 9.88 Å². The molecule has 3 aromatic rings. The van der Waals surface area contributed by atoms with Crippen LogP contribution in [0.25, 0.3) is 5.82 Å². The molecular weight excluding hydrogens is 331 g/mol.